The zero-order valence-corrected chi connectivity index (χ0v) is 23.0. The first kappa shape index (κ1) is 26.6. The monoisotopic (exact) mass is 512 g/mol. The predicted octanol–water partition coefficient (Wildman–Crippen LogP) is 6.07. The van der Waals surface area contributed by atoms with E-state index >= 15 is 0 Å². The number of nitrogens with zero attached hydrogens (tertiary/aromatic N) is 2. The molecule has 0 aliphatic carbocycles. The number of carbonyl (C=O) groups is 1. The SMILES string of the molecule is CC1(C)CCCC(C)(C)N1OC1C[C@@H](C(O)(c2ccccc2)c2ccccc2)N(Cc2ccccc2)C1=O. The summed E-state index contributed by atoms with van der Waals surface area (Å²) in [7, 11) is 0. The number of rotatable bonds is 7. The summed E-state index contributed by atoms with van der Waals surface area (Å²) >= 11 is 0. The topological polar surface area (TPSA) is 53.0 Å². The Bertz CT molecular complexity index is 1170. The van der Waals surface area contributed by atoms with Crippen LogP contribution in [-0.4, -0.2) is 44.2 Å². The molecule has 0 radical (unpaired) electrons. The molecule has 0 aromatic heterocycles. The van der Waals surface area contributed by atoms with Crippen molar-refractivity contribution >= 4 is 5.91 Å². The second-order valence-electron chi connectivity index (χ2n) is 12.1. The number of benzene rings is 3. The fourth-order valence-corrected chi connectivity index (χ4v) is 6.55. The van der Waals surface area contributed by atoms with Gasteiger partial charge in [-0.25, -0.2) is 0 Å². The molecule has 5 rings (SSSR count). The molecule has 1 N–H and O–H groups in total. The van der Waals surface area contributed by atoms with Gasteiger partial charge in [-0.3, -0.25) is 9.63 Å². The van der Waals surface area contributed by atoms with Gasteiger partial charge in [-0.15, -0.1) is 0 Å². The molecule has 2 atom stereocenters. The zero-order valence-electron chi connectivity index (χ0n) is 23.0. The number of carbonyl (C=O) groups excluding carboxylic acids is 1. The maximum Gasteiger partial charge on any atom is 0.254 e. The van der Waals surface area contributed by atoms with Crippen molar-refractivity contribution in [2.24, 2.45) is 0 Å². The van der Waals surface area contributed by atoms with Crippen LogP contribution in [0.1, 0.15) is 70.1 Å². The minimum Gasteiger partial charge on any atom is -0.378 e. The highest BCUT2D eigenvalue weighted by Gasteiger charge is 2.54. The van der Waals surface area contributed by atoms with Crippen LogP contribution in [0.15, 0.2) is 91.0 Å². The van der Waals surface area contributed by atoms with Crippen LogP contribution in [0, 0.1) is 0 Å². The highest BCUT2D eigenvalue weighted by molar-refractivity contribution is 5.84. The van der Waals surface area contributed by atoms with Crippen LogP contribution in [0.5, 0.6) is 0 Å². The third-order valence-corrected chi connectivity index (χ3v) is 8.39. The fraction of sp³-hybridized carbons (Fsp3) is 0.424. The van der Waals surface area contributed by atoms with Gasteiger partial charge < -0.3 is 10.0 Å². The van der Waals surface area contributed by atoms with Crippen molar-refractivity contribution in [2.45, 2.75) is 88.7 Å². The van der Waals surface area contributed by atoms with Gasteiger partial charge in [-0.1, -0.05) is 91.0 Å². The summed E-state index contributed by atoms with van der Waals surface area (Å²) in [5.41, 5.74) is 0.758. The van der Waals surface area contributed by atoms with Gasteiger partial charge in [-0.2, -0.15) is 5.06 Å². The van der Waals surface area contributed by atoms with E-state index in [1.165, 1.54) is 0 Å². The molecular formula is C33H40N2O3. The van der Waals surface area contributed by atoms with Crippen molar-refractivity contribution in [3.8, 4) is 0 Å². The molecule has 200 valence electrons. The smallest absolute Gasteiger partial charge is 0.254 e. The van der Waals surface area contributed by atoms with Gasteiger partial charge in [-0.05, 0) is 63.6 Å². The standard InChI is InChI=1S/C33H40N2O3/c1-31(2)21-14-22-32(3,4)35(31)38-28-23-29(34(30(28)36)24-25-15-8-5-9-16-25)33(37,26-17-10-6-11-18-26)27-19-12-7-13-20-27/h5-13,15-20,28-29,37H,14,21-24H2,1-4H3/t28?,29-/m0/s1. The predicted molar refractivity (Wildman–Crippen MR) is 150 cm³/mol. The molecule has 1 amide bonds. The summed E-state index contributed by atoms with van der Waals surface area (Å²) in [5, 5.41) is 14.8. The number of piperidine rings is 1. The van der Waals surface area contributed by atoms with Crippen molar-refractivity contribution < 1.29 is 14.7 Å². The Hall–Kier alpha value is -2.99. The molecule has 2 fully saturated rings. The van der Waals surface area contributed by atoms with Gasteiger partial charge in [0.05, 0.1) is 6.04 Å². The first-order valence-corrected chi connectivity index (χ1v) is 13.8. The summed E-state index contributed by atoms with van der Waals surface area (Å²) in [6.07, 6.45) is 2.84. The Balaban J connectivity index is 1.57. The lowest BCUT2D eigenvalue weighted by Crippen LogP contribution is -2.59. The molecular weight excluding hydrogens is 472 g/mol. The van der Waals surface area contributed by atoms with Crippen LogP contribution in [0.4, 0.5) is 0 Å². The van der Waals surface area contributed by atoms with E-state index in [1.807, 2.05) is 95.9 Å². The molecule has 1 unspecified atom stereocenters. The van der Waals surface area contributed by atoms with Crippen molar-refractivity contribution in [2.75, 3.05) is 0 Å². The lowest BCUT2D eigenvalue weighted by molar-refractivity contribution is -0.298. The van der Waals surface area contributed by atoms with Crippen molar-refractivity contribution in [1.29, 1.82) is 0 Å². The number of hydrogen-bond donors (Lipinski definition) is 1. The van der Waals surface area contributed by atoms with E-state index in [2.05, 4.69) is 32.8 Å². The van der Waals surface area contributed by atoms with E-state index in [1.54, 1.807) is 0 Å². The van der Waals surface area contributed by atoms with Crippen LogP contribution in [-0.2, 0) is 21.8 Å². The molecule has 5 heteroatoms. The zero-order chi connectivity index (χ0) is 27.0. The average Bonchev–Trinajstić information content (AvgIpc) is 3.22. The van der Waals surface area contributed by atoms with Gasteiger partial charge in [0.25, 0.3) is 5.91 Å². The molecule has 2 aliphatic rings. The van der Waals surface area contributed by atoms with E-state index in [0.29, 0.717) is 13.0 Å². The third-order valence-electron chi connectivity index (χ3n) is 8.39. The van der Waals surface area contributed by atoms with Gasteiger partial charge in [0.2, 0.25) is 0 Å². The molecule has 2 saturated heterocycles. The Morgan fingerprint density at radius 3 is 1.79 bits per heavy atom. The summed E-state index contributed by atoms with van der Waals surface area (Å²) in [6, 6.07) is 28.9. The van der Waals surface area contributed by atoms with Crippen LogP contribution >= 0.6 is 0 Å². The first-order chi connectivity index (χ1) is 18.1. The van der Waals surface area contributed by atoms with Gasteiger partial charge >= 0.3 is 0 Å². The van der Waals surface area contributed by atoms with Gasteiger partial charge in [0.15, 0.2) is 6.10 Å². The third kappa shape index (κ3) is 4.91. The van der Waals surface area contributed by atoms with E-state index in [9.17, 15) is 9.90 Å². The molecule has 0 spiro atoms. The molecule has 2 heterocycles. The summed E-state index contributed by atoms with van der Waals surface area (Å²) in [4.78, 5) is 22.7. The van der Waals surface area contributed by atoms with E-state index in [0.717, 1.165) is 36.0 Å². The quantitative estimate of drug-likeness (QED) is 0.418. The minimum atomic E-state index is -1.40. The average molecular weight is 513 g/mol. The normalized spacial score (nSPS) is 23.5. The van der Waals surface area contributed by atoms with Crippen LogP contribution in [0.2, 0.25) is 0 Å². The Morgan fingerprint density at radius 1 is 0.816 bits per heavy atom. The van der Waals surface area contributed by atoms with Crippen molar-refractivity contribution in [1.82, 2.24) is 9.96 Å². The number of hydrogen-bond acceptors (Lipinski definition) is 4. The number of amides is 1. The largest absolute Gasteiger partial charge is 0.378 e. The number of aliphatic hydroxyl groups is 1. The highest BCUT2D eigenvalue weighted by atomic mass is 16.7. The van der Waals surface area contributed by atoms with Gasteiger partial charge in [0.1, 0.15) is 5.60 Å². The minimum absolute atomic E-state index is 0.0821. The van der Waals surface area contributed by atoms with Crippen LogP contribution < -0.4 is 0 Å². The van der Waals surface area contributed by atoms with E-state index < -0.39 is 17.7 Å². The summed E-state index contributed by atoms with van der Waals surface area (Å²) in [5.74, 6) is -0.0821. The second-order valence-corrected chi connectivity index (χ2v) is 12.1. The maximum absolute atomic E-state index is 14.2. The Labute approximate surface area is 227 Å². The number of hydroxylamine groups is 2. The molecule has 5 nitrogen and oxygen atoms in total. The fourth-order valence-electron chi connectivity index (χ4n) is 6.55. The van der Waals surface area contributed by atoms with Crippen LogP contribution in [0.25, 0.3) is 0 Å². The van der Waals surface area contributed by atoms with E-state index in [-0.39, 0.29) is 17.0 Å². The first-order valence-electron chi connectivity index (χ1n) is 13.8. The van der Waals surface area contributed by atoms with Crippen LogP contribution in [0.3, 0.4) is 0 Å². The second kappa shape index (κ2) is 10.3. The molecule has 2 aliphatic heterocycles. The summed E-state index contributed by atoms with van der Waals surface area (Å²) in [6.45, 7) is 9.17. The molecule has 0 saturated carbocycles. The lowest BCUT2D eigenvalue weighted by atomic mass is 9.78. The highest BCUT2D eigenvalue weighted by Crippen LogP contribution is 2.44. The molecule has 3 aromatic rings. The van der Waals surface area contributed by atoms with Gasteiger partial charge in [0, 0.05) is 24.0 Å². The molecule has 3 aromatic carbocycles. The Kier molecular flexibility index (Phi) is 7.21. The van der Waals surface area contributed by atoms with Crippen molar-refractivity contribution in [3.05, 3.63) is 108 Å². The number of likely N-dealkylation sites (tertiary alicyclic amines) is 1. The van der Waals surface area contributed by atoms with Crippen molar-refractivity contribution in [3.63, 3.8) is 0 Å². The maximum atomic E-state index is 14.2. The molecule has 38 heavy (non-hydrogen) atoms. The summed E-state index contributed by atoms with van der Waals surface area (Å²) < 4.78 is 0. The Morgan fingerprint density at radius 2 is 1.29 bits per heavy atom. The lowest BCUT2D eigenvalue weighted by Gasteiger charge is -2.52. The van der Waals surface area contributed by atoms with E-state index in [4.69, 9.17) is 4.84 Å². The molecule has 0 bridgehead atoms.